The van der Waals surface area contributed by atoms with Crippen molar-refractivity contribution in [2.75, 3.05) is 11.9 Å². The van der Waals surface area contributed by atoms with Crippen LogP contribution in [0.3, 0.4) is 0 Å². The van der Waals surface area contributed by atoms with Crippen LogP contribution < -0.4 is 10.6 Å². The van der Waals surface area contributed by atoms with Crippen LogP contribution in [0.4, 0.5) is 10.1 Å². The molecule has 1 aromatic carbocycles. The first kappa shape index (κ1) is 11.6. The number of para-hydroxylation sites is 1. The quantitative estimate of drug-likeness (QED) is 0.794. The van der Waals surface area contributed by atoms with E-state index in [1.165, 1.54) is 24.1 Å². The van der Waals surface area contributed by atoms with Crippen molar-refractivity contribution in [3.8, 4) is 0 Å². The van der Waals surface area contributed by atoms with Crippen LogP contribution >= 0.6 is 12.2 Å². The number of carbonyl (C=O) groups is 1. The Kier molecular flexibility index (Phi) is 3.74. The maximum atomic E-state index is 13.3. The number of rotatable bonds is 3. The third-order valence-corrected chi connectivity index (χ3v) is 2.06. The van der Waals surface area contributed by atoms with Crippen molar-refractivity contribution in [2.45, 2.75) is 6.42 Å². The lowest BCUT2D eigenvalue weighted by molar-refractivity contribution is -0.117. The lowest BCUT2D eigenvalue weighted by atomic mass is 10.2. The molecule has 1 rings (SSSR count). The summed E-state index contributed by atoms with van der Waals surface area (Å²) in [5.74, 6) is -0.774. The van der Waals surface area contributed by atoms with Gasteiger partial charge in [0.15, 0.2) is 0 Å². The van der Waals surface area contributed by atoms with Gasteiger partial charge in [-0.15, -0.1) is 0 Å². The minimum absolute atomic E-state index is 0.0554. The average Bonchev–Trinajstić information content (AvgIpc) is 2.16. The van der Waals surface area contributed by atoms with E-state index >= 15 is 0 Å². The Hall–Kier alpha value is -1.49. The fourth-order valence-electron chi connectivity index (χ4n) is 1.13. The highest BCUT2D eigenvalue weighted by Crippen LogP contribution is 2.17. The topological polar surface area (TPSA) is 46.3 Å². The highest BCUT2D eigenvalue weighted by atomic mass is 32.1. The molecule has 0 fully saturated rings. The first-order valence-corrected chi connectivity index (χ1v) is 4.72. The van der Waals surface area contributed by atoms with E-state index in [4.69, 9.17) is 5.73 Å². The molecule has 0 aliphatic heterocycles. The van der Waals surface area contributed by atoms with Gasteiger partial charge in [-0.3, -0.25) is 4.79 Å². The maximum absolute atomic E-state index is 13.3. The van der Waals surface area contributed by atoms with Gasteiger partial charge >= 0.3 is 0 Å². The minimum atomic E-state index is -0.448. The van der Waals surface area contributed by atoms with E-state index in [1.54, 1.807) is 12.1 Å². The van der Waals surface area contributed by atoms with Crippen molar-refractivity contribution >= 4 is 28.8 Å². The summed E-state index contributed by atoms with van der Waals surface area (Å²) in [6.07, 6.45) is -0.0554. The van der Waals surface area contributed by atoms with Gasteiger partial charge in [-0.2, -0.15) is 0 Å². The number of nitrogens with zero attached hydrogens (tertiary/aromatic N) is 1. The fourth-order valence-corrected chi connectivity index (χ4v) is 1.25. The SMILES string of the molecule is CN(C(=O)CC(N)=S)c1ccccc1F. The van der Waals surface area contributed by atoms with Gasteiger partial charge in [0.05, 0.1) is 17.1 Å². The number of hydrogen-bond acceptors (Lipinski definition) is 2. The Bertz CT molecular complexity index is 395. The summed E-state index contributed by atoms with van der Waals surface area (Å²) in [7, 11) is 1.49. The Morgan fingerprint density at radius 1 is 1.53 bits per heavy atom. The van der Waals surface area contributed by atoms with Crippen molar-refractivity contribution in [1.82, 2.24) is 0 Å². The van der Waals surface area contributed by atoms with Crippen molar-refractivity contribution < 1.29 is 9.18 Å². The van der Waals surface area contributed by atoms with Crippen molar-refractivity contribution in [3.63, 3.8) is 0 Å². The molecule has 5 heteroatoms. The Morgan fingerprint density at radius 3 is 2.67 bits per heavy atom. The third-order valence-electron chi connectivity index (χ3n) is 1.91. The summed E-state index contributed by atoms with van der Waals surface area (Å²) in [5.41, 5.74) is 5.46. The van der Waals surface area contributed by atoms with Gasteiger partial charge < -0.3 is 10.6 Å². The molecule has 0 unspecified atom stereocenters. The Balaban J connectivity index is 2.85. The molecule has 0 saturated heterocycles. The van der Waals surface area contributed by atoms with Gasteiger partial charge in [0.1, 0.15) is 5.82 Å². The second-order valence-electron chi connectivity index (χ2n) is 3.05. The van der Waals surface area contributed by atoms with Gasteiger partial charge in [-0.25, -0.2) is 4.39 Å². The molecule has 0 aromatic heterocycles. The molecule has 0 heterocycles. The average molecular weight is 226 g/mol. The van der Waals surface area contributed by atoms with Crippen LogP contribution in [0.25, 0.3) is 0 Å². The second kappa shape index (κ2) is 4.84. The predicted octanol–water partition coefficient (Wildman–Crippen LogP) is 1.46. The molecular weight excluding hydrogens is 215 g/mol. The largest absolute Gasteiger partial charge is 0.393 e. The molecule has 80 valence electrons. The second-order valence-corrected chi connectivity index (χ2v) is 3.57. The molecular formula is C10H11FN2OS. The highest BCUT2D eigenvalue weighted by molar-refractivity contribution is 7.80. The van der Waals surface area contributed by atoms with Crippen molar-refractivity contribution in [2.24, 2.45) is 5.73 Å². The van der Waals surface area contributed by atoms with Crippen LogP contribution in [0.5, 0.6) is 0 Å². The molecule has 0 radical (unpaired) electrons. The van der Waals surface area contributed by atoms with Gasteiger partial charge in [0, 0.05) is 7.05 Å². The van der Waals surface area contributed by atoms with Gasteiger partial charge in [-0.1, -0.05) is 24.4 Å². The summed E-state index contributed by atoms with van der Waals surface area (Å²) < 4.78 is 13.3. The van der Waals surface area contributed by atoms with E-state index in [1.807, 2.05) is 0 Å². The number of amides is 1. The molecule has 15 heavy (non-hydrogen) atoms. The number of anilines is 1. The van der Waals surface area contributed by atoms with Gasteiger partial charge in [-0.05, 0) is 12.1 Å². The molecule has 1 aromatic rings. The lowest BCUT2D eigenvalue weighted by Gasteiger charge is -2.17. The molecule has 0 aliphatic rings. The van der Waals surface area contributed by atoms with E-state index in [9.17, 15) is 9.18 Å². The van der Waals surface area contributed by atoms with Crippen molar-refractivity contribution in [3.05, 3.63) is 30.1 Å². The molecule has 0 bridgehead atoms. The molecule has 3 nitrogen and oxygen atoms in total. The van der Waals surface area contributed by atoms with E-state index in [-0.39, 0.29) is 23.0 Å². The molecule has 0 aliphatic carbocycles. The number of halogens is 1. The minimum Gasteiger partial charge on any atom is -0.393 e. The fraction of sp³-hybridized carbons (Fsp3) is 0.200. The number of hydrogen-bond donors (Lipinski definition) is 1. The summed E-state index contributed by atoms with van der Waals surface area (Å²) in [6, 6.07) is 6.03. The standard InChI is InChI=1S/C10H11FN2OS/c1-13(10(14)6-9(12)15)8-5-3-2-4-7(8)11/h2-5H,6H2,1H3,(H2,12,15). The van der Waals surface area contributed by atoms with Crippen LogP contribution in [-0.4, -0.2) is 17.9 Å². The van der Waals surface area contributed by atoms with E-state index < -0.39 is 5.82 Å². The monoisotopic (exact) mass is 226 g/mol. The van der Waals surface area contributed by atoms with Crippen LogP contribution in [0.2, 0.25) is 0 Å². The zero-order valence-corrected chi connectivity index (χ0v) is 9.05. The normalized spacial score (nSPS) is 9.73. The van der Waals surface area contributed by atoms with Crippen LogP contribution in [0.15, 0.2) is 24.3 Å². The van der Waals surface area contributed by atoms with E-state index in [0.717, 1.165) is 0 Å². The zero-order valence-electron chi connectivity index (χ0n) is 8.24. The Morgan fingerprint density at radius 2 is 2.13 bits per heavy atom. The molecule has 0 saturated carbocycles. The van der Waals surface area contributed by atoms with Crippen LogP contribution in [0, 0.1) is 5.82 Å². The first-order valence-electron chi connectivity index (χ1n) is 4.31. The Labute approximate surface area is 92.7 Å². The summed E-state index contributed by atoms with van der Waals surface area (Å²) in [6.45, 7) is 0. The summed E-state index contributed by atoms with van der Waals surface area (Å²) >= 11 is 4.61. The molecule has 0 atom stereocenters. The number of carbonyl (C=O) groups excluding carboxylic acids is 1. The first-order chi connectivity index (χ1) is 7.02. The number of benzene rings is 1. The van der Waals surface area contributed by atoms with Crippen LogP contribution in [-0.2, 0) is 4.79 Å². The number of nitrogens with two attached hydrogens (primary N) is 1. The number of thiocarbonyl (C=S) groups is 1. The van der Waals surface area contributed by atoms with Gasteiger partial charge in [0.2, 0.25) is 5.91 Å². The van der Waals surface area contributed by atoms with E-state index in [2.05, 4.69) is 12.2 Å². The third kappa shape index (κ3) is 2.99. The maximum Gasteiger partial charge on any atom is 0.233 e. The molecule has 1 amide bonds. The van der Waals surface area contributed by atoms with E-state index in [0.29, 0.717) is 0 Å². The molecule has 0 spiro atoms. The van der Waals surface area contributed by atoms with Crippen LogP contribution in [0.1, 0.15) is 6.42 Å². The predicted molar refractivity (Wildman–Crippen MR) is 61.2 cm³/mol. The lowest BCUT2D eigenvalue weighted by Crippen LogP contribution is -2.30. The van der Waals surface area contributed by atoms with Gasteiger partial charge in [0.25, 0.3) is 0 Å². The molecule has 2 N–H and O–H groups in total. The zero-order chi connectivity index (χ0) is 11.4. The summed E-state index contributed by atoms with van der Waals surface area (Å²) in [5, 5.41) is 0. The smallest absolute Gasteiger partial charge is 0.233 e. The summed E-state index contributed by atoms with van der Waals surface area (Å²) in [4.78, 5) is 12.8. The van der Waals surface area contributed by atoms with Crippen molar-refractivity contribution in [1.29, 1.82) is 0 Å². The highest BCUT2D eigenvalue weighted by Gasteiger charge is 2.14.